The molecule has 1 amide bonds. The normalized spacial score (nSPS) is 12.1. The van der Waals surface area contributed by atoms with Crippen molar-refractivity contribution < 1.29 is 19.2 Å². The van der Waals surface area contributed by atoms with Gasteiger partial charge in [0.25, 0.3) is 0 Å². The maximum atomic E-state index is 10.8. The second-order valence-electron chi connectivity index (χ2n) is 4.47. The van der Waals surface area contributed by atoms with Crippen molar-refractivity contribution >= 4 is 12.7 Å². The van der Waals surface area contributed by atoms with Crippen LogP contribution in [0.2, 0.25) is 0 Å². The lowest BCUT2D eigenvalue weighted by atomic mass is 10.2. The second-order valence-corrected chi connectivity index (χ2v) is 4.47. The summed E-state index contributed by atoms with van der Waals surface area (Å²) in [6, 6.07) is 0. The van der Waals surface area contributed by atoms with Gasteiger partial charge in [-0.2, -0.15) is 0 Å². The van der Waals surface area contributed by atoms with E-state index in [4.69, 9.17) is 9.57 Å². The number of hydrogen-bond donors (Lipinski definition) is 0. The van der Waals surface area contributed by atoms with Gasteiger partial charge in [-0.05, 0) is 19.3 Å². The fraction of sp³-hybridized carbons (Fsp3) is 0.857. The number of hydrogen-bond acceptors (Lipinski definition) is 4. The third-order valence-electron chi connectivity index (χ3n) is 2.75. The number of rotatable bonds is 14. The van der Waals surface area contributed by atoms with E-state index in [1.807, 2.05) is 0 Å². The predicted molar refractivity (Wildman–Crippen MR) is 73.6 cm³/mol. The maximum Gasteiger partial charge on any atom is 0.233 e. The van der Waals surface area contributed by atoms with E-state index in [0.29, 0.717) is 39.0 Å². The molecule has 0 aromatic carbocycles. The summed E-state index contributed by atoms with van der Waals surface area (Å²) in [6.45, 7) is 5.82. The van der Waals surface area contributed by atoms with Crippen LogP contribution < -0.4 is 0 Å². The summed E-state index contributed by atoms with van der Waals surface area (Å²) in [5.74, 6) is 0. The number of hydroxylamine groups is 2. The molecule has 0 bridgehead atoms. The molecular formula is C14H27NO4. The van der Waals surface area contributed by atoms with E-state index in [1.54, 1.807) is 0 Å². The van der Waals surface area contributed by atoms with Crippen molar-refractivity contribution in [2.45, 2.75) is 58.5 Å². The third-order valence-corrected chi connectivity index (χ3v) is 2.75. The first-order valence-electron chi connectivity index (χ1n) is 7.18. The highest BCUT2D eigenvalue weighted by Crippen LogP contribution is 2.06. The van der Waals surface area contributed by atoms with E-state index in [2.05, 4.69) is 13.8 Å². The zero-order valence-electron chi connectivity index (χ0n) is 12.2. The lowest BCUT2D eigenvalue weighted by molar-refractivity contribution is -0.174. The second kappa shape index (κ2) is 13.5. The molecule has 0 saturated heterocycles. The smallest absolute Gasteiger partial charge is 0.233 e. The molecule has 0 fully saturated rings. The molecule has 0 unspecified atom stereocenters. The van der Waals surface area contributed by atoms with Crippen LogP contribution in [0.25, 0.3) is 0 Å². The number of amides is 1. The molecule has 0 rings (SSSR count). The molecule has 0 spiro atoms. The number of carbonyl (C=O) groups is 2. The summed E-state index contributed by atoms with van der Waals surface area (Å²) in [5, 5.41) is 1.29. The van der Waals surface area contributed by atoms with Gasteiger partial charge in [0.2, 0.25) is 6.41 Å². The molecule has 0 aliphatic heterocycles. The Hall–Kier alpha value is -0.940. The van der Waals surface area contributed by atoms with Crippen molar-refractivity contribution in [1.29, 1.82) is 0 Å². The van der Waals surface area contributed by atoms with Crippen LogP contribution in [-0.4, -0.2) is 43.6 Å². The number of nitrogens with zero attached hydrogens (tertiary/aromatic N) is 1. The first-order chi connectivity index (χ1) is 9.28. The number of aldehydes is 1. The summed E-state index contributed by atoms with van der Waals surface area (Å²) < 4.78 is 5.61. The van der Waals surface area contributed by atoms with Gasteiger partial charge >= 0.3 is 0 Å². The summed E-state index contributed by atoms with van der Waals surface area (Å²) in [7, 11) is 0. The minimum absolute atomic E-state index is 0.124. The van der Waals surface area contributed by atoms with E-state index in [9.17, 15) is 9.59 Å². The molecule has 0 saturated carbocycles. The van der Waals surface area contributed by atoms with Gasteiger partial charge in [0.1, 0.15) is 6.29 Å². The van der Waals surface area contributed by atoms with Gasteiger partial charge in [0.05, 0.1) is 19.3 Å². The van der Waals surface area contributed by atoms with E-state index in [-0.39, 0.29) is 6.10 Å². The van der Waals surface area contributed by atoms with Gasteiger partial charge in [0.15, 0.2) is 0 Å². The highest BCUT2D eigenvalue weighted by molar-refractivity contribution is 5.50. The van der Waals surface area contributed by atoms with Gasteiger partial charge in [-0.3, -0.25) is 9.63 Å². The van der Waals surface area contributed by atoms with Crippen molar-refractivity contribution in [2.75, 3.05) is 19.8 Å². The molecule has 0 radical (unpaired) electrons. The SMILES string of the molecule is CCCCO[C@H](CC=O)CCN(C=O)OCCCC. The van der Waals surface area contributed by atoms with Crippen molar-refractivity contribution in [1.82, 2.24) is 5.06 Å². The highest BCUT2D eigenvalue weighted by Gasteiger charge is 2.11. The zero-order valence-corrected chi connectivity index (χ0v) is 12.2. The predicted octanol–water partition coefficient (Wildman–Crippen LogP) is 2.34. The van der Waals surface area contributed by atoms with Gasteiger partial charge < -0.3 is 9.53 Å². The molecule has 19 heavy (non-hydrogen) atoms. The zero-order chi connectivity index (χ0) is 14.3. The molecule has 0 aliphatic carbocycles. The van der Waals surface area contributed by atoms with Crippen LogP contribution in [0.5, 0.6) is 0 Å². The lowest BCUT2D eigenvalue weighted by Crippen LogP contribution is -2.28. The summed E-state index contributed by atoms with van der Waals surface area (Å²) in [5.41, 5.74) is 0. The molecule has 112 valence electrons. The fourth-order valence-electron chi connectivity index (χ4n) is 1.52. The Labute approximate surface area is 116 Å². The van der Waals surface area contributed by atoms with Gasteiger partial charge in [-0.15, -0.1) is 0 Å². The van der Waals surface area contributed by atoms with Crippen LogP contribution in [0.15, 0.2) is 0 Å². The lowest BCUT2D eigenvalue weighted by Gasteiger charge is -2.20. The van der Waals surface area contributed by atoms with E-state index >= 15 is 0 Å². The third kappa shape index (κ3) is 10.7. The Kier molecular flexibility index (Phi) is 12.8. The molecule has 5 nitrogen and oxygen atoms in total. The Morgan fingerprint density at radius 3 is 2.37 bits per heavy atom. The van der Waals surface area contributed by atoms with Crippen LogP contribution in [0, 0.1) is 0 Å². The first-order valence-corrected chi connectivity index (χ1v) is 7.18. The van der Waals surface area contributed by atoms with E-state index in [1.165, 1.54) is 5.06 Å². The largest absolute Gasteiger partial charge is 0.378 e. The Bertz CT molecular complexity index is 223. The molecule has 5 heteroatoms. The summed E-state index contributed by atoms with van der Waals surface area (Å²) >= 11 is 0. The quantitative estimate of drug-likeness (QED) is 0.277. The van der Waals surface area contributed by atoms with Crippen LogP contribution in [0.1, 0.15) is 52.4 Å². The number of carbonyl (C=O) groups excluding carboxylic acids is 2. The average Bonchev–Trinajstić information content (AvgIpc) is 2.42. The highest BCUT2D eigenvalue weighted by atomic mass is 16.7. The molecule has 0 N–H and O–H groups in total. The summed E-state index contributed by atoms with van der Waals surface area (Å²) in [6.07, 6.45) is 6.41. The molecule has 0 aromatic rings. The van der Waals surface area contributed by atoms with Gasteiger partial charge in [-0.1, -0.05) is 26.7 Å². The summed E-state index contributed by atoms with van der Waals surface area (Å²) in [4.78, 5) is 26.7. The Morgan fingerprint density at radius 2 is 1.79 bits per heavy atom. The molecule has 1 atom stereocenters. The molecular weight excluding hydrogens is 246 g/mol. The van der Waals surface area contributed by atoms with Crippen LogP contribution in [-0.2, 0) is 19.2 Å². The van der Waals surface area contributed by atoms with Crippen LogP contribution in [0.4, 0.5) is 0 Å². The van der Waals surface area contributed by atoms with Crippen LogP contribution >= 0.6 is 0 Å². The van der Waals surface area contributed by atoms with Crippen molar-refractivity contribution in [3.63, 3.8) is 0 Å². The minimum Gasteiger partial charge on any atom is -0.378 e. The maximum absolute atomic E-state index is 10.8. The van der Waals surface area contributed by atoms with Gasteiger partial charge in [0, 0.05) is 13.0 Å². The van der Waals surface area contributed by atoms with Crippen molar-refractivity contribution in [3.05, 3.63) is 0 Å². The topological polar surface area (TPSA) is 55.8 Å². The molecule has 0 heterocycles. The minimum atomic E-state index is -0.124. The Morgan fingerprint density at radius 1 is 1.11 bits per heavy atom. The number of unbranched alkanes of at least 4 members (excludes halogenated alkanes) is 2. The number of ether oxygens (including phenoxy) is 1. The fourth-order valence-corrected chi connectivity index (χ4v) is 1.52. The Balaban J connectivity index is 3.90. The van der Waals surface area contributed by atoms with Crippen molar-refractivity contribution in [2.24, 2.45) is 0 Å². The van der Waals surface area contributed by atoms with Gasteiger partial charge in [-0.25, -0.2) is 5.06 Å². The molecule has 0 aromatic heterocycles. The monoisotopic (exact) mass is 273 g/mol. The molecule has 0 aliphatic rings. The van der Waals surface area contributed by atoms with E-state index < -0.39 is 0 Å². The standard InChI is InChI=1S/C14H27NO4/c1-3-5-11-18-14(8-10-16)7-9-15(13-17)19-12-6-4-2/h10,13-14H,3-9,11-12H2,1-2H3/t14-/m0/s1. The van der Waals surface area contributed by atoms with Crippen molar-refractivity contribution in [3.8, 4) is 0 Å². The first kappa shape index (κ1) is 18.1. The van der Waals surface area contributed by atoms with Crippen LogP contribution in [0.3, 0.4) is 0 Å². The average molecular weight is 273 g/mol. The van der Waals surface area contributed by atoms with E-state index in [0.717, 1.165) is 32.0 Å².